The average Bonchev–Trinajstić information content (AvgIpc) is 2.52. The fourth-order valence-electron chi connectivity index (χ4n) is 1.68. The van der Waals surface area contributed by atoms with Crippen LogP contribution in [0.2, 0.25) is 0 Å². The summed E-state index contributed by atoms with van der Waals surface area (Å²) in [4.78, 5) is 23.3. The van der Waals surface area contributed by atoms with Crippen LogP contribution in [0.5, 0.6) is 0 Å². The molecule has 0 aromatic heterocycles. The lowest BCUT2D eigenvalue weighted by atomic mass is 9.98. The first kappa shape index (κ1) is 12.0. The summed E-state index contributed by atoms with van der Waals surface area (Å²) in [7, 11) is 0. The summed E-state index contributed by atoms with van der Waals surface area (Å²) in [5.74, 6) is -0.740. The predicted molar refractivity (Wildman–Crippen MR) is 67.8 cm³/mol. The molecule has 5 heteroatoms. The Morgan fingerprint density at radius 1 is 1.35 bits per heavy atom. The van der Waals surface area contributed by atoms with E-state index in [1.165, 1.54) is 6.92 Å². The number of imide groups is 1. The van der Waals surface area contributed by atoms with Gasteiger partial charge < -0.3 is 0 Å². The largest absolute Gasteiger partial charge is 0.273 e. The Kier molecular flexibility index (Phi) is 2.87. The van der Waals surface area contributed by atoms with E-state index in [-0.39, 0.29) is 11.8 Å². The maximum absolute atomic E-state index is 12.0. The molecule has 0 radical (unpaired) electrons. The maximum atomic E-state index is 12.0. The van der Waals surface area contributed by atoms with Gasteiger partial charge in [0.1, 0.15) is 4.32 Å². The molecule has 0 aliphatic carbocycles. The molecule has 17 heavy (non-hydrogen) atoms. The lowest BCUT2D eigenvalue weighted by molar-refractivity contribution is -0.142. The third-order valence-electron chi connectivity index (χ3n) is 2.58. The van der Waals surface area contributed by atoms with Gasteiger partial charge in [-0.3, -0.25) is 9.59 Å². The smallest absolute Gasteiger partial charge is 0.272 e. The van der Waals surface area contributed by atoms with E-state index in [0.717, 1.165) is 10.6 Å². The van der Waals surface area contributed by atoms with E-state index in [1.807, 2.05) is 30.3 Å². The highest BCUT2D eigenvalue weighted by Crippen LogP contribution is 2.32. The number of hydrazone groups is 1. The molecule has 1 aliphatic heterocycles. The molecular weight excluding hydrogens is 284 g/mol. The molecule has 0 saturated carbocycles. The third kappa shape index (κ3) is 1.91. The van der Waals surface area contributed by atoms with Gasteiger partial charge >= 0.3 is 0 Å². The normalized spacial score (nSPS) is 23.8. The highest BCUT2D eigenvalue weighted by Gasteiger charge is 2.47. The Morgan fingerprint density at radius 2 is 1.94 bits per heavy atom. The van der Waals surface area contributed by atoms with Gasteiger partial charge in [0.15, 0.2) is 0 Å². The van der Waals surface area contributed by atoms with E-state index >= 15 is 0 Å². The van der Waals surface area contributed by atoms with Crippen LogP contribution in [0.3, 0.4) is 0 Å². The first-order valence-corrected chi connectivity index (χ1v) is 5.92. The van der Waals surface area contributed by atoms with Crippen molar-refractivity contribution in [1.29, 1.82) is 0 Å². The molecule has 2 rings (SSSR count). The second kappa shape index (κ2) is 4.07. The van der Waals surface area contributed by atoms with E-state index in [9.17, 15) is 9.59 Å². The second-order valence-electron chi connectivity index (χ2n) is 3.95. The van der Waals surface area contributed by atoms with Crippen LogP contribution >= 0.6 is 15.9 Å². The minimum atomic E-state index is -0.944. The lowest BCUT2D eigenvalue weighted by Gasteiger charge is -2.16. The minimum Gasteiger partial charge on any atom is -0.273 e. The van der Waals surface area contributed by atoms with Gasteiger partial charge in [0.05, 0.1) is 5.71 Å². The van der Waals surface area contributed by atoms with Crippen molar-refractivity contribution in [2.45, 2.75) is 18.2 Å². The SMILES string of the molecule is CC(=O)N1N=C(c2ccccc2)C(C)(Br)C1=O. The van der Waals surface area contributed by atoms with Crippen molar-refractivity contribution in [2.75, 3.05) is 0 Å². The number of amides is 2. The van der Waals surface area contributed by atoms with Crippen molar-refractivity contribution in [1.82, 2.24) is 5.01 Å². The molecule has 88 valence electrons. The summed E-state index contributed by atoms with van der Waals surface area (Å²) < 4.78 is -0.944. The number of hydrogen-bond donors (Lipinski definition) is 0. The van der Waals surface area contributed by atoms with E-state index in [0.29, 0.717) is 5.71 Å². The van der Waals surface area contributed by atoms with E-state index < -0.39 is 4.32 Å². The van der Waals surface area contributed by atoms with E-state index in [2.05, 4.69) is 21.0 Å². The number of carbonyl (C=O) groups excluding carboxylic acids is 2. The number of carbonyl (C=O) groups is 2. The van der Waals surface area contributed by atoms with Gasteiger partial charge in [0.25, 0.3) is 5.91 Å². The van der Waals surface area contributed by atoms with Crippen molar-refractivity contribution < 1.29 is 9.59 Å². The first-order chi connectivity index (χ1) is 7.94. The number of nitrogens with zero attached hydrogens (tertiary/aromatic N) is 2. The monoisotopic (exact) mass is 294 g/mol. The average molecular weight is 295 g/mol. The van der Waals surface area contributed by atoms with Crippen molar-refractivity contribution in [3.05, 3.63) is 35.9 Å². The molecule has 1 aliphatic rings. The molecule has 1 atom stereocenters. The summed E-state index contributed by atoms with van der Waals surface area (Å²) in [6.07, 6.45) is 0. The Hall–Kier alpha value is -1.49. The maximum Gasteiger partial charge on any atom is 0.272 e. The fraction of sp³-hybridized carbons (Fsp3) is 0.250. The molecule has 0 N–H and O–H groups in total. The molecule has 0 bridgehead atoms. The predicted octanol–water partition coefficient (Wildman–Crippen LogP) is 1.93. The molecular formula is C12H11BrN2O2. The molecule has 2 amide bonds. The minimum absolute atomic E-state index is 0.358. The molecule has 1 heterocycles. The molecule has 0 spiro atoms. The van der Waals surface area contributed by atoms with Crippen molar-refractivity contribution in [3.8, 4) is 0 Å². The van der Waals surface area contributed by atoms with Crippen LogP contribution in [0.4, 0.5) is 0 Å². The Bertz CT molecular complexity index is 508. The topological polar surface area (TPSA) is 49.7 Å². The first-order valence-electron chi connectivity index (χ1n) is 5.13. The summed E-state index contributed by atoms with van der Waals surface area (Å²) in [5.41, 5.74) is 1.38. The van der Waals surface area contributed by atoms with Crippen LogP contribution in [0, 0.1) is 0 Å². The van der Waals surface area contributed by atoms with Gasteiger partial charge in [-0.1, -0.05) is 46.3 Å². The van der Waals surface area contributed by atoms with Gasteiger partial charge in [0, 0.05) is 6.92 Å². The zero-order valence-electron chi connectivity index (χ0n) is 9.48. The summed E-state index contributed by atoms with van der Waals surface area (Å²) >= 11 is 3.35. The Balaban J connectivity index is 2.50. The number of alkyl halides is 1. The second-order valence-corrected chi connectivity index (χ2v) is 5.54. The summed E-state index contributed by atoms with van der Waals surface area (Å²) in [6, 6.07) is 9.32. The van der Waals surface area contributed by atoms with Crippen LogP contribution in [-0.4, -0.2) is 26.9 Å². The Labute approximate surface area is 107 Å². The van der Waals surface area contributed by atoms with E-state index in [4.69, 9.17) is 0 Å². The van der Waals surface area contributed by atoms with Crippen LogP contribution in [-0.2, 0) is 9.59 Å². The zero-order chi connectivity index (χ0) is 12.6. The van der Waals surface area contributed by atoms with Gasteiger partial charge in [-0.15, -0.1) is 0 Å². The number of hydrogen-bond acceptors (Lipinski definition) is 3. The number of halogens is 1. The van der Waals surface area contributed by atoms with Crippen molar-refractivity contribution in [2.24, 2.45) is 5.10 Å². The van der Waals surface area contributed by atoms with Crippen LogP contribution in [0.15, 0.2) is 35.4 Å². The van der Waals surface area contributed by atoms with Crippen LogP contribution in [0.1, 0.15) is 19.4 Å². The summed E-state index contributed by atoms with van der Waals surface area (Å²) in [6.45, 7) is 3.02. The van der Waals surface area contributed by atoms with Crippen LogP contribution in [0.25, 0.3) is 0 Å². The highest BCUT2D eigenvalue weighted by atomic mass is 79.9. The lowest BCUT2D eigenvalue weighted by Crippen LogP contribution is -2.39. The number of benzene rings is 1. The summed E-state index contributed by atoms with van der Waals surface area (Å²) in [5, 5.41) is 5.00. The highest BCUT2D eigenvalue weighted by molar-refractivity contribution is 9.10. The standard InChI is InChI=1S/C12H11BrN2O2/c1-8(16)15-11(17)12(2,13)10(14-15)9-6-4-3-5-7-9/h3-7H,1-2H3. The molecule has 0 saturated heterocycles. The van der Waals surface area contributed by atoms with Gasteiger partial charge in [-0.05, 0) is 12.5 Å². The van der Waals surface area contributed by atoms with Gasteiger partial charge in [0.2, 0.25) is 5.91 Å². The van der Waals surface area contributed by atoms with Crippen molar-refractivity contribution in [3.63, 3.8) is 0 Å². The van der Waals surface area contributed by atoms with Crippen molar-refractivity contribution >= 4 is 33.5 Å². The van der Waals surface area contributed by atoms with Gasteiger partial charge in [-0.2, -0.15) is 10.1 Å². The van der Waals surface area contributed by atoms with Crippen LogP contribution < -0.4 is 0 Å². The Morgan fingerprint density at radius 3 is 2.41 bits per heavy atom. The molecule has 4 nitrogen and oxygen atoms in total. The third-order valence-corrected chi connectivity index (χ3v) is 3.30. The quantitative estimate of drug-likeness (QED) is 0.743. The molecule has 1 unspecified atom stereocenters. The zero-order valence-corrected chi connectivity index (χ0v) is 11.1. The molecule has 1 aromatic carbocycles. The molecule has 1 aromatic rings. The van der Waals surface area contributed by atoms with Gasteiger partial charge in [-0.25, -0.2) is 0 Å². The molecule has 0 fully saturated rings. The fourth-order valence-corrected chi connectivity index (χ4v) is 2.15. The van der Waals surface area contributed by atoms with E-state index in [1.54, 1.807) is 6.92 Å². The number of rotatable bonds is 1.